The van der Waals surface area contributed by atoms with E-state index in [0.717, 1.165) is 16.7 Å². The molecule has 3 nitrogen and oxygen atoms in total. The highest BCUT2D eigenvalue weighted by molar-refractivity contribution is 7.13. The second kappa shape index (κ2) is 6.44. The molecule has 3 aromatic rings. The van der Waals surface area contributed by atoms with Crippen molar-refractivity contribution < 1.29 is 4.79 Å². The van der Waals surface area contributed by atoms with E-state index in [1.807, 2.05) is 36.6 Å². The molecule has 1 aliphatic carbocycles. The number of amides is 1. The number of anilines is 1. The van der Waals surface area contributed by atoms with Crippen LogP contribution in [0, 0.1) is 17.8 Å². The van der Waals surface area contributed by atoms with Crippen LogP contribution < -0.4 is 5.32 Å². The van der Waals surface area contributed by atoms with Crippen LogP contribution in [0.2, 0.25) is 0 Å². The fourth-order valence-electron chi connectivity index (χ4n) is 3.88. The zero-order valence-corrected chi connectivity index (χ0v) is 15.2. The highest BCUT2D eigenvalue weighted by Crippen LogP contribution is 2.51. The van der Waals surface area contributed by atoms with Crippen molar-refractivity contribution in [2.45, 2.75) is 19.3 Å². The average Bonchev–Trinajstić information content (AvgIpc) is 3.27. The lowest BCUT2D eigenvalue weighted by atomic mass is 9.73. The molecule has 0 bridgehead atoms. The first kappa shape index (κ1) is 16.6. The first-order chi connectivity index (χ1) is 12.6. The van der Waals surface area contributed by atoms with Crippen LogP contribution in [-0.2, 0) is 11.2 Å². The summed E-state index contributed by atoms with van der Waals surface area (Å²) in [4.78, 5) is 17.4. The van der Waals surface area contributed by atoms with E-state index in [1.54, 1.807) is 6.20 Å². The largest absolute Gasteiger partial charge is 0.301 e. The minimum absolute atomic E-state index is 0.0141. The zero-order chi connectivity index (χ0) is 18.1. The van der Waals surface area contributed by atoms with Gasteiger partial charge in [0.2, 0.25) is 5.91 Å². The first-order valence-corrected chi connectivity index (χ1v) is 9.35. The van der Waals surface area contributed by atoms with Crippen LogP contribution in [0.4, 0.5) is 5.13 Å². The van der Waals surface area contributed by atoms with Gasteiger partial charge < -0.3 is 5.32 Å². The smallest absolute Gasteiger partial charge is 0.233 e. The lowest BCUT2D eigenvalue weighted by Gasteiger charge is -2.31. The number of aromatic nitrogens is 1. The summed E-state index contributed by atoms with van der Waals surface area (Å²) in [5, 5.41) is 5.48. The maximum atomic E-state index is 13.3. The van der Waals surface area contributed by atoms with Crippen molar-refractivity contribution in [1.82, 2.24) is 4.98 Å². The number of carbonyl (C=O) groups is 1. The first-order valence-electron chi connectivity index (χ1n) is 8.47. The van der Waals surface area contributed by atoms with Crippen LogP contribution in [0.25, 0.3) is 0 Å². The summed E-state index contributed by atoms with van der Waals surface area (Å²) >= 11 is 1.43. The second-order valence-corrected chi connectivity index (χ2v) is 7.68. The van der Waals surface area contributed by atoms with E-state index >= 15 is 0 Å². The summed E-state index contributed by atoms with van der Waals surface area (Å²) in [7, 11) is 0. The van der Waals surface area contributed by atoms with Crippen molar-refractivity contribution in [3.8, 4) is 12.3 Å². The molecule has 4 heteroatoms. The molecule has 1 aliphatic rings. The molecule has 0 saturated heterocycles. The molecule has 4 rings (SSSR count). The molecule has 0 aliphatic heterocycles. The summed E-state index contributed by atoms with van der Waals surface area (Å²) in [5.41, 5.74) is 3.67. The number of benzene rings is 2. The van der Waals surface area contributed by atoms with Crippen LogP contribution >= 0.6 is 11.3 Å². The van der Waals surface area contributed by atoms with Gasteiger partial charge >= 0.3 is 0 Å². The number of carbonyl (C=O) groups excluding carboxylic acids is 1. The minimum Gasteiger partial charge on any atom is -0.301 e. The number of rotatable bonds is 3. The average molecular weight is 358 g/mol. The van der Waals surface area contributed by atoms with E-state index in [0.29, 0.717) is 11.6 Å². The third kappa shape index (κ3) is 2.71. The molecule has 0 fully saturated rings. The van der Waals surface area contributed by atoms with Crippen LogP contribution in [0.15, 0.2) is 60.1 Å². The van der Waals surface area contributed by atoms with Crippen LogP contribution in [-0.4, -0.2) is 10.9 Å². The lowest BCUT2D eigenvalue weighted by molar-refractivity contribution is -0.125. The molecule has 2 atom stereocenters. The van der Waals surface area contributed by atoms with Gasteiger partial charge in [0.1, 0.15) is 0 Å². The number of fused-ring (bicyclic) bond motifs is 1. The van der Waals surface area contributed by atoms with Gasteiger partial charge in [-0.25, -0.2) is 4.98 Å². The third-order valence-electron chi connectivity index (χ3n) is 5.12. The summed E-state index contributed by atoms with van der Waals surface area (Å²) in [5.74, 6) is 2.65. The molecule has 26 heavy (non-hydrogen) atoms. The molecule has 128 valence electrons. The maximum absolute atomic E-state index is 13.3. The number of hydrogen-bond donors (Lipinski definition) is 1. The maximum Gasteiger partial charge on any atom is 0.233 e. The molecular formula is C22H18N2OS. The second-order valence-electron chi connectivity index (χ2n) is 6.79. The van der Waals surface area contributed by atoms with Crippen molar-refractivity contribution in [1.29, 1.82) is 0 Å². The molecule has 1 heterocycles. The Hall–Kier alpha value is -2.90. The Balaban J connectivity index is 1.81. The van der Waals surface area contributed by atoms with Crippen molar-refractivity contribution >= 4 is 22.4 Å². The van der Waals surface area contributed by atoms with E-state index in [1.165, 1.54) is 16.9 Å². The monoisotopic (exact) mass is 358 g/mol. The van der Waals surface area contributed by atoms with Crippen LogP contribution in [0.1, 0.15) is 35.1 Å². The number of nitrogens with zero attached hydrogens (tertiary/aromatic N) is 1. The van der Waals surface area contributed by atoms with Crippen LogP contribution in [0.3, 0.4) is 0 Å². The van der Waals surface area contributed by atoms with Gasteiger partial charge in [0.15, 0.2) is 5.13 Å². The van der Waals surface area contributed by atoms with Gasteiger partial charge in [-0.3, -0.25) is 4.79 Å². The van der Waals surface area contributed by atoms with Gasteiger partial charge in [-0.15, -0.1) is 17.8 Å². The Morgan fingerprint density at radius 2 is 2.12 bits per heavy atom. The molecular weight excluding hydrogens is 340 g/mol. The molecule has 2 aromatic carbocycles. The number of hydrogen-bond acceptors (Lipinski definition) is 3. The van der Waals surface area contributed by atoms with E-state index in [9.17, 15) is 4.79 Å². The summed E-state index contributed by atoms with van der Waals surface area (Å²) < 4.78 is 0. The van der Waals surface area contributed by atoms with E-state index in [2.05, 4.69) is 40.5 Å². The summed E-state index contributed by atoms with van der Waals surface area (Å²) in [6, 6.07) is 16.2. The number of terminal acetylenes is 1. The van der Waals surface area contributed by atoms with Gasteiger partial charge in [-0.2, -0.15) is 0 Å². The molecule has 0 unspecified atom stereocenters. The van der Waals surface area contributed by atoms with E-state index < -0.39 is 5.41 Å². The highest BCUT2D eigenvalue weighted by Gasteiger charge is 2.48. The number of nitrogens with one attached hydrogen (secondary N) is 1. The standard InChI is InChI=1S/C22H18N2OS/c1-3-15-9-10-17-14-22(2,20(25)24-21-23-11-12-26-21)19(18(17)13-15)16-7-5-4-6-8-16/h1,4-13,19H,14H2,2H3,(H,23,24,25)/t19-,22+/m0/s1. The van der Waals surface area contributed by atoms with Gasteiger partial charge in [-0.1, -0.05) is 42.3 Å². The normalized spacial score (nSPS) is 21.0. The fourth-order valence-corrected chi connectivity index (χ4v) is 4.41. The lowest BCUT2D eigenvalue weighted by Crippen LogP contribution is -2.37. The molecule has 1 aromatic heterocycles. The van der Waals surface area contributed by atoms with E-state index in [4.69, 9.17) is 6.42 Å². The van der Waals surface area contributed by atoms with Crippen LogP contribution in [0.5, 0.6) is 0 Å². The van der Waals surface area contributed by atoms with Gasteiger partial charge in [0.05, 0.1) is 5.41 Å². The zero-order valence-electron chi connectivity index (χ0n) is 14.4. The Kier molecular flexibility index (Phi) is 4.10. The van der Waals surface area contributed by atoms with Gasteiger partial charge in [0, 0.05) is 23.1 Å². The van der Waals surface area contributed by atoms with E-state index in [-0.39, 0.29) is 11.8 Å². The van der Waals surface area contributed by atoms with Gasteiger partial charge in [0.25, 0.3) is 0 Å². The predicted octanol–water partition coefficient (Wildman–Crippen LogP) is 4.46. The third-order valence-corrected chi connectivity index (χ3v) is 5.81. The fraction of sp³-hybridized carbons (Fsp3) is 0.182. The molecule has 0 saturated carbocycles. The Morgan fingerprint density at radius 1 is 1.31 bits per heavy atom. The SMILES string of the molecule is C#Cc1ccc2c(c1)[C@H](c1ccccc1)[C@](C)(C(=O)Nc1nccs1)C2. The summed E-state index contributed by atoms with van der Waals surface area (Å²) in [6.07, 6.45) is 7.97. The van der Waals surface area contributed by atoms with Crippen molar-refractivity contribution in [3.05, 3.63) is 82.4 Å². The Labute approximate surface area is 157 Å². The minimum atomic E-state index is -0.609. The topological polar surface area (TPSA) is 42.0 Å². The Bertz CT molecular complexity index is 989. The van der Waals surface area contributed by atoms with Crippen molar-refractivity contribution in [2.24, 2.45) is 5.41 Å². The van der Waals surface area contributed by atoms with Crippen molar-refractivity contribution in [3.63, 3.8) is 0 Å². The Morgan fingerprint density at radius 3 is 2.81 bits per heavy atom. The van der Waals surface area contributed by atoms with Gasteiger partial charge in [-0.05, 0) is 42.2 Å². The molecule has 0 radical (unpaired) electrons. The molecule has 1 amide bonds. The quantitative estimate of drug-likeness (QED) is 0.703. The predicted molar refractivity (Wildman–Crippen MR) is 105 cm³/mol. The van der Waals surface area contributed by atoms with Crippen molar-refractivity contribution in [2.75, 3.05) is 5.32 Å². The number of thiazole rings is 1. The summed E-state index contributed by atoms with van der Waals surface area (Å²) in [6.45, 7) is 2.03. The highest BCUT2D eigenvalue weighted by atomic mass is 32.1. The molecule has 0 spiro atoms. The molecule has 1 N–H and O–H groups in total.